The lowest BCUT2D eigenvalue weighted by molar-refractivity contribution is 0.568. The van der Waals surface area contributed by atoms with Crippen molar-refractivity contribution in [1.82, 2.24) is 4.98 Å². The highest BCUT2D eigenvalue weighted by Gasteiger charge is 2.22. The highest BCUT2D eigenvalue weighted by molar-refractivity contribution is 7.10. The summed E-state index contributed by atoms with van der Waals surface area (Å²) in [6, 6.07) is 7.90. The Labute approximate surface area is 116 Å². The highest BCUT2D eigenvalue weighted by atomic mass is 32.1. The summed E-state index contributed by atoms with van der Waals surface area (Å²) in [7, 11) is 0. The molecule has 3 N–H and O–H groups in total. The van der Waals surface area contributed by atoms with E-state index in [1.54, 1.807) is 23.6 Å². The Bertz CT molecular complexity index is 596. The molecule has 2 rings (SSSR count). The molecule has 0 aliphatic rings. The van der Waals surface area contributed by atoms with Gasteiger partial charge in [0.1, 0.15) is 11.9 Å². The SMILES string of the molecule is CC(C)(CNc1ncc(N)cc1C#N)c1cccs1. The van der Waals surface area contributed by atoms with Gasteiger partial charge in [0.2, 0.25) is 0 Å². The topological polar surface area (TPSA) is 74.7 Å². The van der Waals surface area contributed by atoms with Gasteiger partial charge >= 0.3 is 0 Å². The summed E-state index contributed by atoms with van der Waals surface area (Å²) in [4.78, 5) is 5.48. The Balaban J connectivity index is 2.13. The van der Waals surface area contributed by atoms with E-state index in [-0.39, 0.29) is 5.41 Å². The van der Waals surface area contributed by atoms with Gasteiger partial charge in [-0.05, 0) is 17.5 Å². The molecule has 0 amide bonds. The van der Waals surface area contributed by atoms with Gasteiger partial charge in [-0.1, -0.05) is 19.9 Å². The highest BCUT2D eigenvalue weighted by Crippen LogP contribution is 2.28. The zero-order valence-corrected chi connectivity index (χ0v) is 11.8. The van der Waals surface area contributed by atoms with Gasteiger partial charge in [0.25, 0.3) is 0 Å². The van der Waals surface area contributed by atoms with E-state index >= 15 is 0 Å². The second-order valence-corrected chi connectivity index (χ2v) is 5.94. The molecule has 2 heterocycles. The summed E-state index contributed by atoms with van der Waals surface area (Å²) < 4.78 is 0. The van der Waals surface area contributed by atoms with Crippen LogP contribution in [0.4, 0.5) is 11.5 Å². The molecule has 5 heteroatoms. The van der Waals surface area contributed by atoms with Crippen LogP contribution in [0.3, 0.4) is 0 Å². The molecule has 0 saturated carbocycles. The van der Waals surface area contributed by atoms with Crippen LogP contribution in [0.5, 0.6) is 0 Å². The van der Waals surface area contributed by atoms with Crippen LogP contribution in [0.1, 0.15) is 24.3 Å². The fourth-order valence-electron chi connectivity index (χ4n) is 1.76. The van der Waals surface area contributed by atoms with Crippen LogP contribution in [0.25, 0.3) is 0 Å². The molecule has 19 heavy (non-hydrogen) atoms. The molecule has 0 aliphatic heterocycles. The van der Waals surface area contributed by atoms with Gasteiger partial charge in [-0.2, -0.15) is 5.26 Å². The molecule has 98 valence electrons. The van der Waals surface area contributed by atoms with E-state index in [0.717, 1.165) is 0 Å². The molecule has 0 radical (unpaired) electrons. The third-order valence-electron chi connectivity index (χ3n) is 2.92. The first-order valence-electron chi connectivity index (χ1n) is 5.96. The average Bonchev–Trinajstić information content (AvgIpc) is 2.91. The molecule has 0 spiro atoms. The second-order valence-electron chi connectivity index (χ2n) is 4.99. The summed E-state index contributed by atoms with van der Waals surface area (Å²) in [6.07, 6.45) is 1.56. The summed E-state index contributed by atoms with van der Waals surface area (Å²) in [5.41, 5.74) is 6.59. The van der Waals surface area contributed by atoms with Crippen LogP contribution >= 0.6 is 11.3 Å². The molecule has 0 aliphatic carbocycles. The van der Waals surface area contributed by atoms with Crippen LogP contribution in [0, 0.1) is 11.3 Å². The minimum Gasteiger partial charge on any atom is -0.397 e. The maximum atomic E-state index is 9.07. The quantitative estimate of drug-likeness (QED) is 0.897. The number of nitriles is 1. The standard InChI is InChI=1S/C14H16N4S/c1-14(2,12-4-3-5-19-12)9-18-13-10(7-15)6-11(16)8-17-13/h3-6,8H,9,16H2,1-2H3,(H,17,18). The molecular formula is C14H16N4S. The first-order chi connectivity index (χ1) is 9.03. The van der Waals surface area contributed by atoms with E-state index in [1.807, 2.05) is 6.07 Å². The van der Waals surface area contributed by atoms with Gasteiger partial charge in [0, 0.05) is 16.8 Å². The van der Waals surface area contributed by atoms with Crippen molar-refractivity contribution in [3.63, 3.8) is 0 Å². The predicted molar refractivity (Wildman–Crippen MR) is 79.2 cm³/mol. The number of hydrogen-bond donors (Lipinski definition) is 2. The van der Waals surface area contributed by atoms with Gasteiger partial charge in [0.15, 0.2) is 0 Å². The maximum absolute atomic E-state index is 9.07. The molecule has 0 unspecified atom stereocenters. The van der Waals surface area contributed by atoms with Gasteiger partial charge in [-0.3, -0.25) is 0 Å². The number of nitrogens with two attached hydrogens (primary N) is 1. The van der Waals surface area contributed by atoms with E-state index in [9.17, 15) is 0 Å². The van der Waals surface area contributed by atoms with Crippen molar-refractivity contribution in [3.05, 3.63) is 40.2 Å². The Hall–Kier alpha value is -2.06. The van der Waals surface area contributed by atoms with Crippen molar-refractivity contribution < 1.29 is 0 Å². The van der Waals surface area contributed by atoms with Crippen molar-refractivity contribution in [1.29, 1.82) is 5.26 Å². The van der Waals surface area contributed by atoms with Gasteiger partial charge in [-0.15, -0.1) is 11.3 Å². The molecule has 4 nitrogen and oxygen atoms in total. The van der Waals surface area contributed by atoms with Crippen molar-refractivity contribution in [2.75, 3.05) is 17.6 Å². The number of nitrogens with one attached hydrogen (secondary N) is 1. The van der Waals surface area contributed by atoms with Crippen molar-refractivity contribution in [3.8, 4) is 6.07 Å². The average molecular weight is 272 g/mol. The van der Waals surface area contributed by atoms with Crippen molar-refractivity contribution in [2.45, 2.75) is 19.3 Å². The normalized spacial score (nSPS) is 11.0. The lowest BCUT2D eigenvalue weighted by Crippen LogP contribution is -2.27. The number of pyridine rings is 1. The Morgan fingerprint density at radius 3 is 2.95 bits per heavy atom. The summed E-state index contributed by atoms with van der Waals surface area (Å²) in [5.74, 6) is 0.585. The fraction of sp³-hybridized carbons (Fsp3) is 0.286. The molecular weight excluding hydrogens is 256 g/mol. The van der Waals surface area contributed by atoms with E-state index < -0.39 is 0 Å². The molecule has 2 aromatic heterocycles. The van der Waals surface area contributed by atoms with Gasteiger partial charge < -0.3 is 11.1 Å². The number of rotatable bonds is 4. The third-order valence-corrected chi connectivity index (χ3v) is 4.15. The minimum atomic E-state index is -0.00996. The van der Waals surface area contributed by atoms with Gasteiger partial charge in [0.05, 0.1) is 17.4 Å². The molecule has 0 saturated heterocycles. The maximum Gasteiger partial charge on any atom is 0.144 e. The Morgan fingerprint density at radius 2 is 2.32 bits per heavy atom. The Kier molecular flexibility index (Phi) is 3.72. The second kappa shape index (κ2) is 5.29. The van der Waals surface area contributed by atoms with Crippen molar-refractivity contribution in [2.24, 2.45) is 0 Å². The van der Waals surface area contributed by atoms with Crippen LogP contribution in [-0.4, -0.2) is 11.5 Å². The largest absolute Gasteiger partial charge is 0.397 e. The van der Waals surface area contributed by atoms with Crippen molar-refractivity contribution >= 4 is 22.8 Å². The van der Waals surface area contributed by atoms with Gasteiger partial charge in [-0.25, -0.2) is 4.98 Å². The zero-order chi connectivity index (χ0) is 13.9. The summed E-state index contributed by atoms with van der Waals surface area (Å²) in [5, 5.41) is 14.4. The van der Waals surface area contributed by atoms with E-state index in [1.165, 1.54) is 4.88 Å². The van der Waals surface area contributed by atoms with E-state index in [0.29, 0.717) is 23.6 Å². The number of hydrogen-bond acceptors (Lipinski definition) is 5. The molecule has 0 fully saturated rings. The van der Waals surface area contributed by atoms with Crippen LogP contribution in [0.2, 0.25) is 0 Å². The van der Waals surface area contributed by atoms with E-state index in [2.05, 4.69) is 41.7 Å². The minimum absolute atomic E-state index is 0.00996. The molecule has 0 aromatic carbocycles. The number of nitrogens with zero attached hydrogens (tertiary/aromatic N) is 2. The number of anilines is 2. The Morgan fingerprint density at radius 1 is 1.53 bits per heavy atom. The third kappa shape index (κ3) is 3.04. The molecule has 2 aromatic rings. The van der Waals surface area contributed by atoms with Crippen LogP contribution in [-0.2, 0) is 5.41 Å². The number of thiophene rings is 1. The lowest BCUT2D eigenvalue weighted by atomic mass is 9.91. The zero-order valence-electron chi connectivity index (χ0n) is 11.0. The predicted octanol–water partition coefficient (Wildman–Crippen LogP) is 2.99. The molecule has 0 atom stereocenters. The van der Waals surface area contributed by atoms with Crippen LogP contribution < -0.4 is 11.1 Å². The number of aromatic nitrogens is 1. The summed E-state index contributed by atoms with van der Waals surface area (Å²) in [6.45, 7) is 5.03. The van der Waals surface area contributed by atoms with E-state index in [4.69, 9.17) is 11.0 Å². The monoisotopic (exact) mass is 272 g/mol. The first kappa shape index (κ1) is 13.4. The number of nitrogen functional groups attached to an aromatic ring is 1. The lowest BCUT2D eigenvalue weighted by Gasteiger charge is -2.24. The summed E-state index contributed by atoms with van der Waals surface area (Å²) >= 11 is 1.73. The molecule has 0 bridgehead atoms. The van der Waals surface area contributed by atoms with Crippen LogP contribution in [0.15, 0.2) is 29.8 Å². The first-order valence-corrected chi connectivity index (χ1v) is 6.84. The smallest absolute Gasteiger partial charge is 0.144 e. The fourth-order valence-corrected chi connectivity index (χ4v) is 2.61.